The lowest BCUT2D eigenvalue weighted by molar-refractivity contribution is -0.385. The summed E-state index contributed by atoms with van der Waals surface area (Å²) in [5.41, 5.74) is 6.74. The van der Waals surface area contributed by atoms with Crippen LogP contribution in [0.15, 0.2) is 47.6 Å². The molecule has 3 N–H and O–H groups in total. The van der Waals surface area contributed by atoms with Crippen LogP contribution in [-0.4, -0.2) is 52.1 Å². The van der Waals surface area contributed by atoms with Gasteiger partial charge in [-0.1, -0.05) is 12.1 Å². The third kappa shape index (κ3) is 3.77. The molecule has 1 saturated heterocycles. The number of para-hydroxylation sites is 2. The number of anilines is 1. The van der Waals surface area contributed by atoms with Crippen molar-refractivity contribution < 1.29 is 10.0 Å². The summed E-state index contributed by atoms with van der Waals surface area (Å²) in [6.07, 6.45) is 1.15. The maximum atomic E-state index is 10.6. The standard InChI is InChI=1S/C16H18N6O3/c17-16(19-15-6-5-12(11-18-15)22(24)25)21-9-7-20(8-10-21)13-3-1-2-4-14(13)23/h1-6,11,23H,7-10H2,(H2,17,18,19). The lowest BCUT2D eigenvalue weighted by Gasteiger charge is -2.36. The molecule has 0 aliphatic carbocycles. The van der Waals surface area contributed by atoms with Crippen LogP contribution in [0.4, 0.5) is 17.2 Å². The number of benzene rings is 1. The average Bonchev–Trinajstić information content (AvgIpc) is 2.63. The molecule has 0 bridgehead atoms. The molecule has 0 unspecified atom stereocenters. The van der Waals surface area contributed by atoms with Crippen LogP contribution >= 0.6 is 0 Å². The van der Waals surface area contributed by atoms with Crippen LogP contribution in [0, 0.1) is 10.1 Å². The zero-order valence-electron chi connectivity index (χ0n) is 13.4. The molecule has 1 aliphatic rings. The number of aromatic nitrogens is 1. The van der Waals surface area contributed by atoms with Crippen molar-refractivity contribution in [3.63, 3.8) is 0 Å². The number of aliphatic imine (C=N–C) groups is 1. The predicted molar refractivity (Wildman–Crippen MR) is 94.1 cm³/mol. The second kappa shape index (κ2) is 7.04. The summed E-state index contributed by atoms with van der Waals surface area (Å²) >= 11 is 0. The first kappa shape index (κ1) is 16.5. The summed E-state index contributed by atoms with van der Waals surface area (Å²) in [6.45, 7) is 2.69. The predicted octanol–water partition coefficient (Wildman–Crippen LogP) is 1.46. The van der Waals surface area contributed by atoms with Crippen LogP contribution in [-0.2, 0) is 0 Å². The summed E-state index contributed by atoms with van der Waals surface area (Å²) in [7, 11) is 0. The Balaban J connectivity index is 1.64. The first-order valence-corrected chi connectivity index (χ1v) is 7.77. The van der Waals surface area contributed by atoms with E-state index in [0.717, 1.165) is 11.9 Å². The van der Waals surface area contributed by atoms with E-state index in [1.54, 1.807) is 12.1 Å². The van der Waals surface area contributed by atoms with Gasteiger partial charge in [0.25, 0.3) is 5.69 Å². The number of pyridine rings is 1. The highest BCUT2D eigenvalue weighted by Gasteiger charge is 2.20. The number of rotatable bonds is 3. The van der Waals surface area contributed by atoms with Gasteiger partial charge in [-0.25, -0.2) is 4.98 Å². The molecule has 1 aromatic heterocycles. The van der Waals surface area contributed by atoms with E-state index >= 15 is 0 Å². The minimum Gasteiger partial charge on any atom is -0.506 e. The zero-order valence-corrected chi connectivity index (χ0v) is 13.4. The molecule has 0 saturated carbocycles. The maximum absolute atomic E-state index is 10.6. The molecule has 0 spiro atoms. The highest BCUT2D eigenvalue weighted by atomic mass is 16.6. The molecule has 9 heteroatoms. The van der Waals surface area contributed by atoms with Crippen LogP contribution in [0.25, 0.3) is 0 Å². The Kier molecular flexibility index (Phi) is 4.64. The van der Waals surface area contributed by atoms with Gasteiger partial charge >= 0.3 is 0 Å². The molecule has 0 atom stereocenters. The Bertz CT molecular complexity index is 785. The first-order chi connectivity index (χ1) is 12.0. The number of nitro groups is 1. The number of hydrogen-bond donors (Lipinski definition) is 2. The van der Waals surface area contributed by atoms with Gasteiger partial charge in [0.1, 0.15) is 11.9 Å². The highest BCUT2D eigenvalue weighted by molar-refractivity contribution is 5.81. The third-order valence-corrected chi connectivity index (χ3v) is 4.00. The Morgan fingerprint density at radius 3 is 2.52 bits per heavy atom. The van der Waals surface area contributed by atoms with Crippen molar-refractivity contribution in [2.45, 2.75) is 0 Å². The van der Waals surface area contributed by atoms with E-state index < -0.39 is 4.92 Å². The van der Waals surface area contributed by atoms with Crippen molar-refractivity contribution in [2.24, 2.45) is 10.7 Å². The zero-order chi connectivity index (χ0) is 17.8. The molecule has 25 heavy (non-hydrogen) atoms. The lowest BCUT2D eigenvalue weighted by Crippen LogP contribution is -2.51. The maximum Gasteiger partial charge on any atom is 0.287 e. The minimum absolute atomic E-state index is 0.0891. The van der Waals surface area contributed by atoms with Crippen molar-refractivity contribution >= 4 is 23.2 Å². The number of hydrogen-bond acceptors (Lipinski definition) is 6. The Hall–Kier alpha value is -3.36. The van der Waals surface area contributed by atoms with Gasteiger partial charge in [-0.3, -0.25) is 10.1 Å². The molecule has 1 aliphatic heterocycles. The van der Waals surface area contributed by atoms with Crippen molar-refractivity contribution in [3.8, 4) is 5.75 Å². The SMILES string of the molecule is NC(=Nc1ccc([N+](=O)[O-])cn1)N1CCN(c2ccccc2O)CC1. The summed E-state index contributed by atoms with van der Waals surface area (Å²) in [5, 5.41) is 20.6. The van der Waals surface area contributed by atoms with Crippen LogP contribution in [0.1, 0.15) is 0 Å². The van der Waals surface area contributed by atoms with E-state index in [-0.39, 0.29) is 11.4 Å². The van der Waals surface area contributed by atoms with Crippen molar-refractivity contribution in [2.75, 3.05) is 31.1 Å². The van der Waals surface area contributed by atoms with Gasteiger partial charge in [0, 0.05) is 32.2 Å². The smallest absolute Gasteiger partial charge is 0.287 e. The molecule has 1 fully saturated rings. The van der Waals surface area contributed by atoms with E-state index in [9.17, 15) is 15.2 Å². The van der Waals surface area contributed by atoms with E-state index in [2.05, 4.69) is 14.9 Å². The first-order valence-electron chi connectivity index (χ1n) is 7.77. The number of guanidine groups is 1. The molecule has 2 heterocycles. The number of nitrogens with two attached hydrogens (primary N) is 1. The van der Waals surface area contributed by atoms with Gasteiger partial charge in [0.2, 0.25) is 0 Å². The largest absolute Gasteiger partial charge is 0.506 e. The van der Waals surface area contributed by atoms with E-state index in [1.165, 1.54) is 12.1 Å². The van der Waals surface area contributed by atoms with Gasteiger partial charge in [0.15, 0.2) is 11.8 Å². The van der Waals surface area contributed by atoms with Crippen LogP contribution in [0.3, 0.4) is 0 Å². The number of phenols is 1. The van der Waals surface area contributed by atoms with Gasteiger partial charge < -0.3 is 20.6 Å². The summed E-state index contributed by atoms with van der Waals surface area (Å²) in [4.78, 5) is 22.3. The van der Waals surface area contributed by atoms with E-state index in [4.69, 9.17) is 5.73 Å². The Morgan fingerprint density at radius 2 is 1.92 bits per heavy atom. The number of piperazine rings is 1. The van der Waals surface area contributed by atoms with E-state index in [1.807, 2.05) is 17.0 Å². The second-order valence-electron chi connectivity index (χ2n) is 5.56. The Morgan fingerprint density at radius 1 is 1.20 bits per heavy atom. The number of phenolic OH excluding ortho intramolecular Hbond substituents is 1. The summed E-state index contributed by atoms with van der Waals surface area (Å²) < 4.78 is 0. The van der Waals surface area contributed by atoms with Crippen molar-refractivity contribution in [1.29, 1.82) is 0 Å². The topological polar surface area (TPSA) is 121 Å². The fourth-order valence-electron chi connectivity index (χ4n) is 2.65. The second-order valence-corrected chi connectivity index (χ2v) is 5.56. The highest BCUT2D eigenvalue weighted by Crippen LogP contribution is 2.27. The molecule has 0 radical (unpaired) electrons. The van der Waals surface area contributed by atoms with Crippen molar-refractivity contribution in [3.05, 3.63) is 52.7 Å². The molecule has 2 aromatic rings. The van der Waals surface area contributed by atoms with Crippen LogP contribution in [0.2, 0.25) is 0 Å². The lowest BCUT2D eigenvalue weighted by atomic mass is 10.2. The number of aromatic hydroxyl groups is 1. The fourth-order valence-corrected chi connectivity index (χ4v) is 2.65. The average molecular weight is 342 g/mol. The third-order valence-electron chi connectivity index (χ3n) is 4.00. The molecule has 3 rings (SSSR count). The molecular weight excluding hydrogens is 324 g/mol. The quantitative estimate of drug-likeness (QED) is 0.375. The van der Waals surface area contributed by atoms with Gasteiger partial charge in [-0.15, -0.1) is 0 Å². The molecule has 0 amide bonds. The van der Waals surface area contributed by atoms with Gasteiger partial charge in [-0.05, 0) is 18.2 Å². The summed E-state index contributed by atoms with van der Waals surface area (Å²) in [6, 6.07) is 10.0. The monoisotopic (exact) mass is 342 g/mol. The van der Waals surface area contributed by atoms with Crippen LogP contribution in [0.5, 0.6) is 5.75 Å². The Labute approximate surface area is 144 Å². The van der Waals surface area contributed by atoms with E-state index in [0.29, 0.717) is 38.0 Å². The molecule has 1 aromatic carbocycles. The van der Waals surface area contributed by atoms with Crippen molar-refractivity contribution in [1.82, 2.24) is 9.88 Å². The normalized spacial score (nSPS) is 15.3. The van der Waals surface area contributed by atoms with Crippen LogP contribution < -0.4 is 10.6 Å². The fraction of sp³-hybridized carbons (Fsp3) is 0.250. The number of nitrogens with zero attached hydrogens (tertiary/aromatic N) is 5. The molecule has 130 valence electrons. The van der Waals surface area contributed by atoms with Gasteiger partial charge in [0.05, 0.1) is 10.6 Å². The summed E-state index contributed by atoms with van der Waals surface area (Å²) in [5.74, 6) is 0.900. The van der Waals surface area contributed by atoms with Gasteiger partial charge in [-0.2, -0.15) is 4.99 Å². The molecular formula is C16H18N6O3. The minimum atomic E-state index is -0.512. The molecule has 9 nitrogen and oxygen atoms in total.